The quantitative estimate of drug-likeness (QED) is 0.756. The molecule has 0 radical (unpaired) electrons. The van der Waals surface area contributed by atoms with Crippen LogP contribution in [0.5, 0.6) is 0 Å². The second kappa shape index (κ2) is 8.84. The minimum absolute atomic E-state index is 0.0699. The summed E-state index contributed by atoms with van der Waals surface area (Å²) in [6, 6.07) is 3.73. The summed E-state index contributed by atoms with van der Waals surface area (Å²) in [6.45, 7) is 8.05. The first-order valence-corrected chi connectivity index (χ1v) is 8.54. The zero-order chi connectivity index (χ0) is 17.5. The molecule has 2 aromatic rings. The van der Waals surface area contributed by atoms with E-state index in [4.69, 9.17) is 14.0 Å². The van der Waals surface area contributed by atoms with Crippen LogP contribution < -0.4 is 5.32 Å². The van der Waals surface area contributed by atoms with Gasteiger partial charge in [0.15, 0.2) is 5.82 Å². The lowest BCUT2D eigenvalue weighted by atomic mass is 10.2. The van der Waals surface area contributed by atoms with Gasteiger partial charge in [0.2, 0.25) is 5.89 Å². The molecule has 1 N–H and O–H groups in total. The van der Waals surface area contributed by atoms with Crippen LogP contribution in [0.15, 0.2) is 22.9 Å². The second-order valence-corrected chi connectivity index (χ2v) is 5.86. The van der Waals surface area contributed by atoms with Gasteiger partial charge in [-0.3, -0.25) is 4.90 Å². The van der Waals surface area contributed by atoms with Gasteiger partial charge in [0, 0.05) is 32.4 Å². The van der Waals surface area contributed by atoms with Crippen LogP contribution in [-0.2, 0) is 16.0 Å². The molecule has 0 amide bonds. The molecule has 1 saturated heterocycles. The van der Waals surface area contributed by atoms with Gasteiger partial charge >= 0.3 is 0 Å². The maximum Gasteiger partial charge on any atom is 0.240 e. The van der Waals surface area contributed by atoms with Gasteiger partial charge in [-0.25, -0.2) is 0 Å². The van der Waals surface area contributed by atoms with Crippen LogP contribution in [0.1, 0.15) is 31.7 Å². The summed E-state index contributed by atoms with van der Waals surface area (Å²) in [5, 5.41) is 15.1. The van der Waals surface area contributed by atoms with Gasteiger partial charge in [0.25, 0.3) is 0 Å². The lowest BCUT2D eigenvalue weighted by Crippen LogP contribution is -2.44. The van der Waals surface area contributed by atoms with Gasteiger partial charge in [-0.2, -0.15) is 10.1 Å². The predicted molar refractivity (Wildman–Crippen MR) is 89.9 cm³/mol. The van der Waals surface area contributed by atoms with Gasteiger partial charge in [-0.05, 0) is 26.0 Å². The summed E-state index contributed by atoms with van der Waals surface area (Å²) < 4.78 is 16.6. The molecular weight excluding hydrogens is 324 g/mol. The van der Waals surface area contributed by atoms with E-state index >= 15 is 0 Å². The Hall–Kier alpha value is -2.10. The van der Waals surface area contributed by atoms with Crippen molar-refractivity contribution >= 4 is 5.82 Å². The van der Waals surface area contributed by atoms with Crippen molar-refractivity contribution in [2.45, 2.75) is 32.6 Å². The number of nitrogens with zero attached hydrogens (tertiary/aromatic N) is 5. The van der Waals surface area contributed by atoms with Crippen molar-refractivity contribution in [1.29, 1.82) is 0 Å². The third-order valence-corrected chi connectivity index (χ3v) is 3.93. The monoisotopic (exact) mass is 348 g/mol. The van der Waals surface area contributed by atoms with Crippen molar-refractivity contribution < 1.29 is 14.0 Å². The van der Waals surface area contributed by atoms with Crippen molar-refractivity contribution in [3.05, 3.63) is 30.0 Å². The average molecular weight is 348 g/mol. The highest BCUT2D eigenvalue weighted by atomic mass is 16.5. The van der Waals surface area contributed by atoms with Crippen LogP contribution >= 0.6 is 0 Å². The molecule has 25 heavy (non-hydrogen) atoms. The van der Waals surface area contributed by atoms with Crippen molar-refractivity contribution in [2.75, 3.05) is 38.2 Å². The molecule has 0 aromatic carbocycles. The molecule has 1 aliphatic heterocycles. The first-order valence-electron chi connectivity index (χ1n) is 8.54. The first kappa shape index (κ1) is 17.7. The van der Waals surface area contributed by atoms with E-state index in [1.807, 2.05) is 26.0 Å². The van der Waals surface area contributed by atoms with Crippen LogP contribution in [0.2, 0.25) is 0 Å². The second-order valence-electron chi connectivity index (χ2n) is 5.86. The van der Waals surface area contributed by atoms with E-state index in [-0.39, 0.29) is 12.2 Å². The molecule has 2 aromatic heterocycles. The Morgan fingerprint density at radius 1 is 1.48 bits per heavy atom. The molecule has 0 aliphatic carbocycles. The molecule has 1 aliphatic rings. The minimum Gasteiger partial charge on any atom is -0.374 e. The van der Waals surface area contributed by atoms with Crippen molar-refractivity contribution in [1.82, 2.24) is 25.2 Å². The van der Waals surface area contributed by atoms with E-state index in [2.05, 4.69) is 30.6 Å². The molecule has 0 bridgehead atoms. The summed E-state index contributed by atoms with van der Waals surface area (Å²) in [4.78, 5) is 6.67. The molecule has 3 rings (SSSR count). The summed E-state index contributed by atoms with van der Waals surface area (Å²) in [5.74, 6) is 1.93. The van der Waals surface area contributed by atoms with Crippen LogP contribution in [-0.4, -0.2) is 64.2 Å². The third-order valence-electron chi connectivity index (χ3n) is 3.93. The van der Waals surface area contributed by atoms with Crippen LogP contribution in [0.4, 0.5) is 5.82 Å². The molecule has 136 valence electrons. The number of nitrogens with one attached hydrogen (secondary N) is 1. The Labute approximate surface area is 146 Å². The summed E-state index contributed by atoms with van der Waals surface area (Å²) in [7, 11) is 0. The molecule has 3 heterocycles. The first-order chi connectivity index (χ1) is 12.2. The van der Waals surface area contributed by atoms with Gasteiger partial charge in [0.1, 0.15) is 11.9 Å². The van der Waals surface area contributed by atoms with Gasteiger partial charge in [0.05, 0.1) is 19.3 Å². The number of anilines is 1. The Morgan fingerprint density at radius 2 is 2.40 bits per heavy atom. The summed E-state index contributed by atoms with van der Waals surface area (Å²) in [5.41, 5.74) is 0. The van der Waals surface area contributed by atoms with Gasteiger partial charge < -0.3 is 19.3 Å². The van der Waals surface area contributed by atoms with E-state index in [1.165, 1.54) is 0 Å². The van der Waals surface area contributed by atoms with E-state index in [0.29, 0.717) is 38.0 Å². The fraction of sp³-hybridized carbons (Fsp3) is 0.625. The molecule has 0 unspecified atom stereocenters. The molecular formula is C16H24N6O3. The largest absolute Gasteiger partial charge is 0.374 e. The molecule has 0 spiro atoms. The number of rotatable bonds is 8. The zero-order valence-corrected chi connectivity index (χ0v) is 14.6. The minimum atomic E-state index is -0.156. The fourth-order valence-electron chi connectivity index (χ4n) is 2.67. The Kier molecular flexibility index (Phi) is 6.26. The topological polar surface area (TPSA) is 98.4 Å². The highest BCUT2D eigenvalue weighted by Crippen LogP contribution is 2.15. The fourth-order valence-corrected chi connectivity index (χ4v) is 2.67. The van der Waals surface area contributed by atoms with Crippen LogP contribution in [0.25, 0.3) is 0 Å². The summed E-state index contributed by atoms with van der Waals surface area (Å²) >= 11 is 0. The maximum absolute atomic E-state index is 5.80. The van der Waals surface area contributed by atoms with E-state index in [9.17, 15) is 0 Å². The van der Waals surface area contributed by atoms with Crippen molar-refractivity contribution in [2.24, 2.45) is 0 Å². The Bertz CT molecular complexity index is 638. The standard InChI is InChI=1S/C16H24N6O3/c1-3-23-12(2)16-19-15(25-21-16)11-22-7-8-24-13(10-22)9-17-14-5-4-6-18-20-14/h4-6,12-13H,3,7-11H2,1-2H3,(H,17,20)/t12-,13+/m1/s1. The lowest BCUT2D eigenvalue weighted by molar-refractivity contribution is -0.0268. The molecule has 0 saturated carbocycles. The SMILES string of the molecule is CCO[C@H](C)c1noc(CN2CCO[C@@H](CNc3cccnn3)C2)n1. The highest BCUT2D eigenvalue weighted by Gasteiger charge is 2.23. The van der Waals surface area contributed by atoms with Gasteiger partial charge in [-0.1, -0.05) is 5.16 Å². The molecule has 9 heteroatoms. The lowest BCUT2D eigenvalue weighted by Gasteiger charge is -2.32. The van der Waals surface area contributed by atoms with Crippen LogP contribution in [0, 0.1) is 0 Å². The Balaban J connectivity index is 1.48. The molecule has 2 atom stereocenters. The predicted octanol–water partition coefficient (Wildman–Crippen LogP) is 1.27. The molecule has 1 fully saturated rings. The van der Waals surface area contributed by atoms with E-state index in [0.717, 1.165) is 18.9 Å². The highest BCUT2D eigenvalue weighted by molar-refractivity contribution is 5.31. The number of ether oxygens (including phenoxy) is 2. The average Bonchev–Trinajstić information content (AvgIpc) is 3.10. The van der Waals surface area contributed by atoms with Crippen LogP contribution in [0.3, 0.4) is 0 Å². The normalized spacial score (nSPS) is 19.7. The van der Waals surface area contributed by atoms with E-state index in [1.54, 1.807) is 6.20 Å². The van der Waals surface area contributed by atoms with Crippen molar-refractivity contribution in [3.8, 4) is 0 Å². The Morgan fingerprint density at radius 3 is 3.20 bits per heavy atom. The smallest absolute Gasteiger partial charge is 0.240 e. The third kappa shape index (κ3) is 5.18. The number of aromatic nitrogens is 4. The van der Waals surface area contributed by atoms with E-state index < -0.39 is 0 Å². The van der Waals surface area contributed by atoms with Gasteiger partial charge in [-0.15, -0.1) is 5.10 Å². The maximum atomic E-state index is 5.80. The number of hydrogen-bond acceptors (Lipinski definition) is 9. The number of hydrogen-bond donors (Lipinski definition) is 1. The van der Waals surface area contributed by atoms with Crippen molar-refractivity contribution in [3.63, 3.8) is 0 Å². The zero-order valence-electron chi connectivity index (χ0n) is 14.6. The molecule has 9 nitrogen and oxygen atoms in total. The number of morpholine rings is 1. The summed E-state index contributed by atoms with van der Waals surface area (Å²) in [6.07, 6.45) is 1.56.